The summed E-state index contributed by atoms with van der Waals surface area (Å²) in [5, 5.41) is 0. The largest absolute Gasteiger partial charge is 0.493 e. The number of halogens is 1. The van der Waals surface area contributed by atoms with Crippen LogP contribution in [-0.2, 0) is 16.1 Å². The first kappa shape index (κ1) is 20.4. The molecular formula is C22H23FN2O4. The van der Waals surface area contributed by atoms with E-state index in [1.54, 1.807) is 47.4 Å². The molecule has 3 rings (SSSR count). The quantitative estimate of drug-likeness (QED) is 0.659. The topological polar surface area (TPSA) is 81.9 Å². The number of amides is 2. The second-order valence-electron chi connectivity index (χ2n) is 6.79. The first-order valence-electron chi connectivity index (χ1n) is 9.29. The van der Waals surface area contributed by atoms with Gasteiger partial charge in [0.15, 0.2) is 18.1 Å². The number of nitrogens with zero attached hydrogens (tertiary/aromatic N) is 1. The second kappa shape index (κ2) is 9.23. The predicted octanol–water partition coefficient (Wildman–Crippen LogP) is 2.90. The van der Waals surface area contributed by atoms with Crippen LogP contribution in [0.15, 0.2) is 48.5 Å². The molecule has 0 atom stereocenters. The van der Waals surface area contributed by atoms with Gasteiger partial charge in [-0.25, -0.2) is 4.39 Å². The van der Waals surface area contributed by atoms with E-state index in [-0.39, 0.29) is 30.9 Å². The SMILES string of the molecule is COc1cc(/C=C/C(=O)N(Cc2ccccc2F)C2CC2)ccc1OCC(N)=O. The molecule has 0 heterocycles. The highest BCUT2D eigenvalue weighted by molar-refractivity contribution is 5.92. The van der Waals surface area contributed by atoms with Crippen LogP contribution in [0.4, 0.5) is 4.39 Å². The molecule has 1 aliphatic carbocycles. The van der Waals surface area contributed by atoms with Crippen LogP contribution >= 0.6 is 0 Å². The monoisotopic (exact) mass is 398 g/mol. The lowest BCUT2D eigenvalue weighted by atomic mass is 10.1. The number of rotatable bonds is 9. The number of benzene rings is 2. The van der Waals surface area contributed by atoms with Gasteiger partial charge in [0.1, 0.15) is 5.82 Å². The lowest BCUT2D eigenvalue weighted by molar-refractivity contribution is -0.127. The van der Waals surface area contributed by atoms with E-state index >= 15 is 0 Å². The zero-order chi connectivity index (χ0) is 20.8. The summed E-state index contributed by atoms with van der Waals surface area (Å²) in [6.45, 7) is -0.0137. The van der Waals surface area contributed by atoms with Gasteiger partial charge < -0.3 is 20.1 Å². The number of nitrogens with two attached hydrogens (primary N) is 1. The van der Waals surface area contributed by atoms with Crippen LogP contribution in [-0.4, -0.2) is 36.5 Å². The maximum atomic E-state index is 14.0. The number of hydrogen-bond acceptors (Lipinski definition) is 4. The van der Waals surface area contributed by atoms with Gasteiger partial charge in [0.25, 0.3) is 5.91 Å². The molecule has 29 heavy (non-hydrogen) atoms. The zero-order valence-corrected chi connectivity index (χ0v) is 16.1. The Bertz CT molecular complexity index is 925. The summed E-state index contributed by atoms with van der Waals surface area (Å²) in [6, 6.07) is 11.7. The molecule has 2 aromatic carbocycles. The highest BCUT2D eigenvalue weighted by Crippen LogP contribution is 2.30. The van der Waals surface area contributed by atoms with E-state index in [1.807, 2.05) is 0 Å². The van der Waals surface area contributed by atoms with Crippen molar-refractivity contribution in [3.63, 3.8) is 0 Å². The van der Waals surface area contributed by atoms with Crippen molar-refractivity contribution in [2.45, 2.75) is 25.4 Å². The molecule has 0 bridgehead atoms. The molecule has 0 spiro atoms. The van der Waals surface area contributed by atoms with Gasteiger partial charge in [0.2, 0.25) is 5.91 Å². The van der Waals surface area contributed by atoms with Gasteiger partial charge in [-0.1, -0.05) is 24.3 Å². The predicted molar refractivity (Wildman–Crippen MR) is 107 cm³/mol. The number of carbonyl (C=O) groups excluding carboxylic acids is 2. The van der Waals surface area contributed by atoms with Crippen LogP contribution in [0.2, 0.25) is 0 Å². The van der Waals surface area contributed by atoms with Crippen molar-refractivity contribution >= 4 is 17.9 Å². The van der Waals surface area contributed by atoms with Crippen LogP contribution in [0.25, 0.3) is 6.08 Å². The Balaban J connectivity index is 1.71. The highest BCUT2D eigenvalue weighted by atomic mass is 19.1. The van der Waals surface area contributed by atoms with Gasteiger partial charge in [0, 0.05) is 24.2 Å². The molecule has 2 amide bonds. The minimum atomic E-state index is -0.586. The number of carbonyl (C=O) groups is 2. The number of hydrogen-bond donors (Lipinski definition) is 1. The van der Waals surface area contributed by atoms with E-state index in [0.717, 1.165) is 18.4 Å². The Morgan fingerprint density at radius 1 is 1.21 bits per heavy atom. The molecule has 2 N–H and O–H groups in total. The Morgan fingerprint density at radius 2 is 1.97 bits per heavy atom. The highest BCUT2D eigenvalue weighted by Gasteiger charge is 2.32. The molecule has 0 aliphatic heterocycles. The Labute approximate surface area is 168 Å². The summed E-state index contributed by atoms with van der Waals surface area (Å²) in [4.78, 5) is 25.3. The fourth-order valence-electron chi connectivity index (χ4n) is 2.90. The zero-order valence-electron chi connectivity index (χ0n) is 16.1. The van der Waals surface area contributed by atoms with E-state index in [4.69, 9.17) is 15.2 Å². The first-order chi connectivity index (χ1) is 14.0. The average molecular weight is 398 g/mol. The van der Waals surface area contributed by atoms with E-state index < -0.39 is 5.91 Å². The maximum absolute atomic E-state index is 14.0. The van der Waals surface area contributed by atoms with Crippen LogP contribution in [0.1, 0.15) is 24.0 Å². The maximum Gasteiger partial charge on any atom is 0.255 e. The number of ether oxygens (including phenoxy) is 2. The average Bonchev–Trinajstić information content (AvgIpc) is 3.55. The fraction of sp³-hybridized carbons (Fsp3) is 0.273. The fourth-order valence-corrected chi connectivity index (χ4v) is 2.90. The van der Waals surface area contributed by atoms with E-state index in [1.165, 1.54) is 19.3 Å². The third-order valence-corrected chi connectivity index (χ3v) is 4.55. The minimum absolute atomic E-state index is 0.144. The first-order valence-corrected chi connectivity index (χ1v) is 9.29. The van der Waals surface area contributed by atoms with E-state index in [9.17, 15) is 14.0 Å². The molecule has 2 aromatic rings. The summed E-state index contributed by atoms with van der Waals surface area (Å²) in [7, 11) is 1.48. The van der Waals surface area contributed by atoms with Gasteiger partial charge >= 0.3 is 0 Å². The molecule has 1 saturated carbocycles. The number of methoxy groups -OCH3 is 1. The lowest BCUT2D eigenvalue weighted by Crippen LogP contribution is -2.31. The van der Waals surface area contributed by atoms with Crippen molar-refractivity contribution in [2.75, 3.05) is 13.7 Å². The smallest absolute Gasteiger partial charge is 0.255 e. The molecule has 152 valence electrons. The molecule has 6 nitrogen and oxygen atoms in total. The molecule has 1 fully saturated rings. The summed E-state index contributed by atoms with van der Waals surface area (Å²) in [5.41, 5.74) is 6.31. The van der Waals surface area contributed by atoms with Gasteiger partial charge in [-0.05, 0) is 42.7 Å². The van der Waals surface area contributed by atoms with Gasteiger partial charge in [-0.2, -0.15) is 0 Å². The van der Waals surface area contributed by atoms with Crippen molar-refractivity contribution in [2.24, 2.45) is 5.73 Å². The van der Waals surface area contributed by atoms with Crippen molar-refractivity contribution in [1.82, 2.24) is 4.90 Å². The molecule has 0 aromatic heterocycles. The molecule has 7 heteroatoms. The summed E-state index contributed by atoms with van der Waals surface area (Å²) in [6.07, 6.45) is 4.98. The van der Waals surface area contributed by atoms with Crippen LogP contribution in [0.3, 0.4) is 0 Å². The van der Waals surface area contributed by atoms with Gasteiger partial charge in [0.05, 0.1) is 7.11 Å². The molecule has 0 radical (unpaired) electrons. The van der Waals surface area contributed by atoms with Crippen molar-refractivity contribution in [1.29, 1.82) is 0 Å². The molecular weight excluding hydrogens is 375 g/mol. The Kier molecular flexibility index (Phi) is 6.49. The van der Waals surface area contributed by atoms with Crippen LogP contribution in [0.5, 0.6) is 11.5 Å². The Morgan fingerprint density at radius 3 is 2.62 bits per heavy atom. The second-order valence-corrected chi connectivity index (χ2v) is 6.79. The summed E-state index contributed by atoms with van der Waals surface area (Å²) < 4.78 is 24.5. The third-order valence-electron chi connectivity index (χ3n) is 4.55. The normalized spacial score (nSPS) is 13.3. The lowest BCUT2D eigenvalue weighted by Gasteiger charge is -2.21. The summed E-state index contributed by atoms with van der Waals surface area (Å²) >= 11 is 0. The molecule has 0 unspecified atom stereocenters. The number of primary amides is 1. The van der Waals surface area contributed by atoms with Crippen LogP contribution < -0.4 is 15.2 Å². The third kappa shape index (κ3) is 5.57. The van der Waals surface area contributed by atoms with Gasteiger partial charge in [-0.15, -0.1) is 0 Å². The molecule has 0 saturated heterocycles. The van der Waals surface area contributed by atoms with E-state index in [0.29, 0.717) is 17.1 Å². The van der Waals surface area contributed by atoms with Crippen molar-refractivity contribution in [3.05, 3.63) is 65.5 Å². The van der Waals surface area contributed by atoms with Crippen LogP contribution in [0, 0.1) is 5.82 Å². The van der Waals surface area contributed by atoms with E-state index in [2.05, 4.69) is 0 Å². The Hall–Kier alpha value is -3.35. The van der Waals surface area contributed by atoms with Crippen molar-refractivity contribution < 1.29 is 23.5 Å². The summed E-state index contributed by atoms with van der Waals surface area (Å²) in [5.74, 6) is -0.271. The van der Waals surface area contributed by atoms with Crippen molar-refractivity contribution in [3.8, 4) is 11.5 Å². The minimum Gasteiger partial charge on any atom is -0.493 e. The van der Waals surface area contributed by atoms with Gasteiger partial charge in [-0.3, -0.25) is 9.59 Å². The standard InChI is InChI=1S/C22H23FN2O4/c1-28-20-12-15(6-10-19(20)29-14-21(24)26)7-11-22(27)25(17-8-9-17)13-16-4-2-3-5-18(16)23/h2-7,10-12,17H,8-9,13-14H2,1H3,(H2,24,26)/b11-7+. The molecule has 1 aliphatic rings.